The van der Waals surface area contributed by atoms with Crippen LogP contribution < -0.4 is 5.32 Å². The van der Waals surface area contributed by atoms with Crippen LogP contribution in [0.5, 0.6) is 0 Å². The maximum Gasteiger partial charge on any atom is 0.277 e. The molecule has 0 spiro atoms. The summed E-state index contributed by atoms with van der Waals surface area (Å²) in [5, 5.41) is 11.8. The molecule has 21 heavy (non-hydrogen) atoms. The summed E-state index contributed by atoms with van der Waals surface area (Å²) in [5.74, 6) is -0.856. The lowest BCUT2D eigenvalue weighted by atomic mass is 10.3. The predicted molar refractivity (Wildman–Crippen MR) is 82.5 cm³/mol. The molecule has 0 saturated heterocycles. The molecule has 8 heteroatoms. The Bertz CT molecular complexity index is 821. The number of benzene rings is 1. The van der Waals surface area contributed by atoms with Crippen LogP contribution in [0.15, 0.2) is 30.0 Å². The SMILES string of the molecule is O=C1C=C(Nc2ccc3[nH]c(=S)sc3c2)C(=O)N1CCO. The highest BCUT2D eigenvalue weighted by molar-refractivity contribution is 7.73. The van der Waals surface area contributed by atoms with Crippen molar-refractivity contribution in [3.05, 3.63) is 33.9 Å². The van der Waals surface area contributed by atoms with Crippen LogP contribution in [0.25, 0.3) is 10.2 Å². The number of aliphatic hydroxyl groups is 1. The van der Waals surface area contributed by atoms with E-state index in [4.69, 9.17) is 17.3 Å². The normalized spacial score (nSPS) is 14.9. The van der Waals surface area contributed by atoms with Crippen molar-refractivity contribution >= 4 is 51.3 Å². The van der Waals surface area contributed by atoms with E-state index in [1.807, 2.05) is 12.1 Å². The number of aliphatic hydroxyl groups excluding tert-OH is 1. The monoisotopic (exact) mass is 321 g/mol. The fourth-order valence-corrected chi connectivity index (χ4v) is 3.24. The van der Waals surface area contributed by atoms with Crippen LogP contribution in [-0.2, 0) is 9.59 Å². The summed E-state index contributed by atoms with van der Waals surface area (Å²) in [6, 6.07) is 5.52. The van der Waals surface area contributed by atoms with E-state index in [-0.39, 0.29) is 18.8 Å². The van der Waals surface area contributed by atoms with Crippen molar-refractivity contribution in [2.75, 3.05) is 18.5 Å². The lowest BCUT2D eigenvalue weighted by Gasteiger charge is -2.13. The van der Waals surface area contributed by atoms with Gasteiger partial charge in [-0.2, -0.15) is 0 Å². The van der Waals surface area contributed by atoms with Gasteiger partial charge >= 0.3 is 0 Å². The maximum atomic E-state index is 12.0. The topological polar surface area (TPSA) is 85.4 Å². The molecule has 3 N–H and O–H groups in total. The molecule has 2 amide bonds. The fraction of sp³-hybridized carbons (Fsp3) is 0.154. The van der Waals surface area contributed by atoms with Crippen molar-refractivity contribution in [2.45, 2.75) is 0 Å². The van der Waals surface area contributed by atoms with Crippen molar-refractivity contribution in [3.8, 4) is 0 Å². The molecular formula is C13H11N3O3S2. The molecule has 3 rings (SSSR count). The van der Waals surface area contributed by atoms with E-state index >= 15 is 0 Å². The van der Waals surface area contributed by atoms with Gasteiger partial charge in [0, 0.05) is 11.8 Å². The summed E-state index contributed by atoms with van der Waals surface area (Å²) < 4.78 is 1.65. The molecule has 0 radical (unpaired) electrons. The van der Waals surface area contributed by atoms with Crippen LogP contribution in [0.3, 0.4) is 0 Å². The van der Waals surface area contributed by atoms with E-state index in [2.05, 4.69) is 10.3 Å². The average Bonchev–Trinajstić information content (AvgIpc) is 2.93. The van der Waals surface area contributed by atoms with Crippen molar-refractivity contribution in [2.24, 2.45) is 0 Å². The number of thiazole rings is 1. The highest BCUT2D eigenvalue weighted by atomic mass is 32.1. The smallest absolute Gasteiger partial charge is 0.277 e. The first-order valence-corrected chi connectivity index (χ1v) is 7.39. The molecule has 1 aliphatic rings. The number of rotatable bonds is 4. The van der Waals surface area contributed by atoms with Crippen molar-refractivity contribution in [1.29, 1.82) is 0 Å². The second-order valence-corrected chi connectivity index (χ2v) is 6.15. The first kappa shape index (κ1) is 13.9. The summed E-state index contributed by atoms with van der Waals surface area (Å²) >= 11 is 6.52. The van der Waals surface area contributed by atoms with Crippen LogP contribution in [-0.4, -0.2) is 40.0 Å². The highest BCUT2D eigenvalue weighted by Crippen LogP contribution is 2.25. The number of anilines is 1. The third-order valence-electron chi connectivity index (χ3n) is 3.03. The van der Waals surface area contributed by atoms with Gasteiger partial charge in [0.05, 0.1) is 23.4 Å². The Kier molecular flexibility index (Phi) is 3.58. The molecule has 2 aromatic rings. The Morgan fingerprint density at radius 3 is 2.95 bits per heavy atom. The van der Waals surface area contributed by atoms with Crippen LogP contribution >= 0.6 is 23.6 Å². The molecule has 0 fully saturated rings. The van der Waals surface area contributed by atoms with Gasteiger partial charge in [0.25, 0.3) is 11.8 Å². The second kappa shape index (κ2) is 5.40. The first-order chi connectivity index (χ1) is 10.1. The van der Waals surface area contributed by atoms with Crippen molar-refractivity contribution in [1.82, 2.24) is 9.88 Å². The summed E-state index contributed by atoms with van der Waals surface area (Å²) in [6.07, 6.45) is 1.24. The van der Waals surface area contributed by atoms with Crippen molar-refractivity contribution in [3.63, 3.8) is 0 Å². The summed E-state index contributed by atoms with van der Waals surface area (Å²) in [4.78, 5) is 27.7. The molecule has 0 unspecified atom stereocenters. The number of β-amino-alcohol motifs (C(OH)–C–C–N with tert-alkyl or cyclic N) is 1. The lowest BCUT2D eigenvalue weighted by Crippen LogP contribution is -2.34. The van der Waals surface area contributed by atoms with Crippen LogP contribution in [0, 0.1) is 3.95 Å². The largest absolute Gasteiger partial charge is 0.395 e. The van der Waals surface area contributed by atoms with Gasteiger partial charge in [0.2, 0.25) is 0 Å². The lowest BCUT2D eigenvalue weighted by molar-refractivity contribution is -0.137. The molecule has 0 bridgehead atoms. The van der Waals surface area contributed by atoms with Gasteiger partial charge in [-0.25, -0.2) is 0 Å². The number of imide groups is 1. The Balaban J connectivity index is 1.85. The summed E-state index contributed by atoms with van der Waals surface area (Å²) in [5.41, 5.74) is 1.83. The number of aromatic amines is 1. The molecule has 108 valence electrons. The number of hydrogen-bond acceptors (Lipinski definition) is 6. The van der Waals surface area contributed by atoms with E-state index in [9.17, 15) is 9.59 Å². The molecule has 2 heterocycles. The molecule has 0 atom stereocenters. The number of carbonyl (C=O) groups excluding carboxylic acids is 2. The Hall–Kier alpha value is -2.03. The molecule has 0 aliphatic carbocycles. The zero-order chi connectivity index (χ0) is 15.0. The molecular weight excluding hydrogens is 310 g/mol. The van der Waals surface area contributed by atoms with Gasteiger partial charge in [0.1, 0.15) is 5.70 Å². The number of hydrogen-bond donors (Lipinski definition) is 3. The third kappa shape index (κ3) is 2.60. The number of carbonyl (C=O) groups is 2. The maximum absolute atomic E-state index is 12.0. The minimum Gasteiger partial charge on any atom is -0.395 e. The molecule has 0 saturated carbocycles. The van der Waals surface area contributed by atoms with Gasteiger partial charge in [0.15, 0.2) is 3.95 Å². The Morgan fingerprint density at radius 1 is 1.38 bits per heavy atom. The number of nitrogens with zero attached hydrogens (tertiary/aromatic N) is 1. The molecule has 1 aromatic carbocycles. The molecule has 1 aliphatic heterocycles. The first-order valence-electron chi connectivity index (χ1n) is 6.17. The standard InChI is InChI=1S/C13H11N3O3S2/c17-4-3-16-11(18)6-9(12(16)19)14-7-1-2-8-10(5-7)21-13(20)15-8/h1-2,5-6,14,17H,3-4H2,(H,15,20). The number of amides is 2. The zero-order valence-electron chi connectivity index (χ0n) is 10.8. The van der Waals surface area contributed by atoms with Crippen LogP contribution in [0.4, 0.5) is 5.69 Å². The van der Waals surface area contributed by atoms with Gasteiger partial charge in [-0.1, -0.05) is 0 Å². The number of fused-ring (bicyclic) bond motifs is 1. The molecule has 1 aromatic heterocycles. The minimum absolute atomic E-state index is 0.00240. The summed E-state index contributed by atoms with van der Waals surface area (Å²) in [6.45, 7) is -0.255. The van der Waals surface area contributed by atoms with Gasteiger partial charge < -0.3 is 15.4 Å². The van der Waals surface area contributed by atoms with E-state index in [1.165, 1.54) is 17.4 Å². The minimum atomic E-state index is -0.434. The number of H-pyrrole nitrogens is 1. The van der Waals surface area contributed by atoms with Gasteiger partial charge in [-0.05, 0) is 30.4 Å². The fourth-order valence-electron chi connectivity index (χ4n) is 2.09. The quantitative estimate of drug-likeness (QED) is 0.588. The van der Waals surface area contributed by atoms with Gasteiger partial charge in [-0.3, -0.25) is 14.5 Å². The average molecular weight is 321 g/mol. The van der Waals surface area contributed by atoms with E-state index in [0.717, 1.165) is 15.1 Å². The highest BCUT2D eigenvalue weighted by Gasteiger charge is 2.30. The number of nitrogens with one attached hydrogen (secondary N) is 2. The van der Waals surface area contributed by atoms with Gasteiger partial charge in [-0.15, -0.1) is 11.3 Å². The molecule has 6 nitrogen and oxygen atoms in total. The van der Waals surface area contributed by atoms with Crippen LogP contribution in [0.2, 0.25) is 0 Å². The van der Waals surface area contributed by atoms with E-state index in [0.29, 0.717) is 9.64 Å². The number of aromatic nitrogens is 1. The summed E-state index contributed by atoms with van der Waals surface area (Å²) in [7, 11) is 0. The Labute approximate surface area is 128 Å². The zero-order valence-corrected chi connectivity index (χ0v) is 12.4. The Morgan fingerprint density at radius 2 is 2.19 bits per heavy atom. The predicted octanol–water partition coefficient (Wildman–Crippen LogP) is 1.62. The van der Waals surface area contributed by atoms with Crippen molar-refractivity contribution < 1.29 is 14.7 Å². The van der Waals surface area contributed by atoms with Crippen LogP contribution in [0.1, 0.15) is 0 Å². The second-order valence-electron chi connectivity index (χ2n) is 4.43. The third-order valence-corrected chi connectivity index (χ3v) is 4.23. The van der Waals surface area contributed by atoms with E-state index < -0.39 is 11.8 Å². The van der Waals surface area contributed by atoms with E-state index in [1.54, 1.807) is 6.07 Å².